The summed E-state index contributed by atoms with van der Waals surface area (Å²) in [5, 5.41) is 0. The number of anilines is 1. The SMILES string of the molecule is COC(=O)C12CCC(c3ccc(N)c(C)n3)(CC1)CC2. The van der Waals surface area contributed by atoms with Crippen LogP contribution in [0.4, 0.5) is 5.69 Å². The van der Waals surface area contributed by atoms with Crippen LogP contribution in [0.15, 0.2) is 12.1 Å². The molecule has 4 rings (SSSR count). The van der Waals surface area contributed by atoms with Crippen LogP contribution in [0, 0.1) is 12.3 Å². The van der Waals surface area contributed by atoms with E-state index in [0.29, 0.717) is 0 Å². The lowest BCUT2D eigenvalue weighted by atomic mass is 9.52. The summed E-state index contributed by atoms with van der Waals surface area (Å²) in [6.45, 7) is 1.96. The molecule has 3 saturated carbocycles. The Labute approximate surface area is 119 Å². The monoisotopic (exact) mass is 274 g/mol. The minimum Gasteiger partial charge on any atom is -0.469 e. The average Bonchev–Trinajstić information content (AvgIpc) is 2.51. The summed E-state index contributed by atoms with van der Waals surface area (Å²) in [6, 6.07) is 4.03. The molecule has 4 heteroatoms. The Hall–Kier alpha value is -1.58. The molecule has 3 aliphatic rings. The zero-order chi connectivity index (χ0) is 14.4. The van der Waals surface area contributed by atoms with Crippen LogP contribution >= 0.6 is 0 Å². The number of hydrogen-bond acceptors (Lipinski definition) is 4. The molecule has 4 nitrogen and oxygen atoms in total. The van der Waals surface area contributed by atoms with Gasteiger partial charge in [-0.05, 0) is 57.6 Å². The number of carbonyl (C=O) groups excluding carboxylic acids is 1. The zero-order valence-corrected chi connectivity index (χ0v) is 12.2. The molecule has 0 aromatic carbocycles. The van der Waals surface area contributed by atoms with Crippen molar-refractivity contribution in [2.45, 2.75) is 50.9 Å². The maximum Gasteiger partial charge on any atom is 0.311 e. The Morgan fingerprint density at radius 2 is 1.80 bits per heavy atom. The van der Waals surface area contributed by atoms with Crippen molar-refractivity contribution in [2.75, 3.05) is 12.8 Å². The van der Waals surface area contributed by atoms with Gasteiger partial charge in [0.1, 0.15) is 0 Å². The van der Waals surface area contributed by atoms with Crippen LogP contribution in [0.3, 0.4) is 0 Å². The second-order valence-electron chi connectivity index (χ2n) is 6.42. The molecule has 1 heterocycles. The molecular formula is C16H22N2O2. The Morgan fingerprint density at radius 1 is 1.20 bits per heavy atom. The Balaban J connectivity index is 1.88. The Kier molecular flexibility index (Phi) is 3.00. The van der Waals surface area contributed by atoms with E-state index in [-0.39, 0.29) is 16.8 Å². The zero-order valence-electron chi connectivity index (χ0n) is 12.2. The van der Waals surface area contributed by atoms with Crippen molar-refractivity contribution in [1.29, 1.82) is 0 Å². The molecular weight excluding hydrogens is 252 g/mol. The largest absolute Gasteiger partial charge is 0.469 e. The molecule has 0 radical (unpaired) electrons. The third-order valence-electron chi connectivity index (χ3n) is 5.53. The number of pyridine rings is 1. The maximum absolute atomic E-state index is 12.0. The topological polar surface area (TPSA) is 65.2 Å². The first-order chi connectivity index (χ1) is 9.51. The molecule has 0 saturated heterocycles. The third-order valence-corrected chi connectivity index (χ3v) is 5.53. The second kappa shape index (κ2) is 4.47. The number of nitrogens with zero attached hydrogens (tertiary/aromatic N) is 1. The molecule has 0 spiro atoms. The first-order valence-electron chi connectivity index (χ1n) is 7.33. The number of aromatic nitrogens is 1. The van der Waals surface area contributed by atoms with Crippen LogP contribution in [0.2, 0.25) is 0 Å². The van der Waals surface area contributed by atoms with Gasteiger partial charge in [0.2, 0.25) is 0 Å². The number of nitrogen functional groups attached to an aromatic ring is 1. The quantitative estimate of drug-likeness (QED) is 0.842. The second-order valence-corrected chi connectivity index (χ2v) is 6.42. The molecule has 1 aromatic rings. The predicted molar refractivity (Wildman–Crippen MR) is 77.2 cm³/mol. The standard InChI is InChI=1S/C16H22N2O2/c1-11-12(17)3-4-13(18-11)15-5-8-16(9-6-15,10-7-15)14(19)20-2/h3-4H,5-10,17H2,1-2H3. The number of nitrogens with two attached hydrogens (primary N) is 1. The van der Waals surface area contributed by atoms with E-state index in [1.807, 2.05) is 13.0 Å². The summed E-state index contributed by atoms with van der Waals surface area (Å²) < 4.78 is 5.01. The molecule has 108 valence electrons. The maximum atomic E-state index is 12.0. The lowest BCUT2D eigenvalue weighted by molar-refractivity contribution is -0.160. The van der Waals surface area contributed by atoms with Crippen LogP contribution in [0.5, 0.6) is 0 Å². The van der Waals surface area contributed by atoms with Crippen molar-refractivity contribution in [3.8, 4) is 0 Å². The molecule has 3 fully saturated rings. The van der Waals surface area contributed by atoms with E-state index in [0.717, 1.165) is 55.6 Å². The number of rotatable bonds is 2. The number of fused-ring (bicyclic) bond motifs is 3. The van der Waals surface area contributed by atoms with E-state index in [1.165, 1.54) is 7.11 Å². The van der Waals surface area contributed by atoms with Gasteiger partial charge in [-0.25, -0.2) is 0 Å². The smallest absolute Gasteiger partial charge is 0.311 e. The first kappa shape index (κ1) is 13.4. The minimum atomic E-state index is -0.223. The summed E-state index contributed by atoms with van der Waals surface area (Å²) in [6.07, 6.45) is 5.84. The van der Waals surface area contributed by atoms with E-state index < -0.39 is 0 Å². The highest BCUT2D eigenvalue weighted by Crippen LogP contribution is 2.57. The van der Waals surface area contributed by atoms with Crippen molar-refractivity contribution in [3.63, 3.8) is 0 Å². The average molecular weight is 274 g/mol. The highest BCUT2D eigenvalue weighted by atomic mass is 16.5. The molecule has 0 atom stereocenters. The number of aryl methyl sites for hydroxylation is 1. The molecule has 2 N–H and O–H groups in total. The summed E-state index contributed by atoms with van der Waals surface area (Å²) in [5.41, 5.74) is 8.61. The fourth-order valence-electron chi connectivity index (χ4n) is 3.96. The fraction of sp³-hybridized carbons (Fsp3) is 0.625. The van der Waals surface area contributed by atoms with Gasteiger partial charge >= 0.3 is 5.97 Å². The normalized spacial score (nSPS) is 32.1. The minimum absolute atomic E-state index is 0.0211. The summed E-state index contributed by atoms with van der Waals surface area (Å²) in [5.74, 6) is -0.0211. The van der Waals surface area contributed by atoms with Crippen molar-refractivity contribution in [3.05, 3.63) is 23.5 Å². The molecule has 0 unspecified atom stereocenters. The summed E-state index contributed by atoms with van der Waals surface area (Å²) >= 11 is 0. The fourth-order valence-corrected chi connectivity index (χ4v) is 3.96. The molecule has 0 aliphatic heterocycles. The van der Waals surface area contributed by atoms with Crippen molar-refractivity contribution < 1.29 is 9.53 Å². The molecule has 2 bridgehead atoms. The van der Waals surface area contributed by atoms with Gasteiger partial charge in [0.15, 0.2) is 0 Å². The van der Waals surface area contributed by atoms with Gasteiger partial charge in [-0.1, -0.05) is 0 Å². The van der Waals surface area contributed by atoms with Crippen LogP contribution in [0.25, 0.3) is 0 Å². The van der Waals surface area contributed by atoms with Crippen molar-refractivity contribution in [1.82, 2.24) is 4.98 Å². The summed E-state index contributed by atoms with van der Waals surface area (Å²) in [7, 11) is 1.50. The number of esters is 1. The summed E-state index contributed by atoms with van der Waals surface area (Å²) in [4.78, 5) is 16.7. The Morgan fingerprint density at radius 3 is 2.30 bits per heavy atom. The van der Waals surface area contributed by atoms with Gasteiger partial charge in [0.25, 0.3) is 0 Å². The lowest BCUT2D eigenvalue weighted by Crippen LogP contribution is -2.48. The number of carbonyl (C=O) groups is 1. The molecule has 3 aliphatic carbocycles. The molecule has 1 aromatic heterocycles. The van der Waals surface area contributed by atoms with E-state index in [1.54, 1.807) is 0 Å². The van der Waals surface area contributed by atoms with Gasteiger partial charge < -0.3 is 10.5 Å². The highest BCUT2D eigenvalue weighted by molar-refractivity contribution is 5.77. The Bertz CT molecular complexity index is 529. The van der Waals surface area contributed by atoms with Gasteiger partial charge in [0.05, 0.1) is 23.9 Å². The van der Waals surface area contributed by atoms with Gasteiger partial charge in [-0.2, -0.15) is 0 Å². The van der Waals surface area contributed by atoms with Crippen LogP contribution < -0.4 is 5.73 Å². The van der Waals surface area contributed by atoms with Crippen LogP contribution in [-0.2, 0) is 14.9 Å². The van der Waals surface area contributed by atoms with Gasteiger partial charge in [0, 0.05) is 11.1 Å². The molecule has 20 heavy (non-hydrogen) atoms. The van der Waals surface area contributed by atoms with Gasteiger partial charge in [-0.3, -0.25) is 9.78 Å². The lowest BCUT2D eigenvalue weighted by Gasteiger charge is -2.51. The number of methoxy groups -OCH3 is 1. The van der Waals surface area contributed by atoms with Crippen LogP contribution in [0.1, 0.15) is 49.9 Å². The van der Waals surface area contributed by atoms with E-state index in [4.69, 9.17) is 15.5 Å². The predicted octanol–water partition coefficient (Wildman–Crippen LogP) is 2.74. The number of hydrogen-bond donors (Lipinski definition) is 1. The highest BCUT2D eigenvalue weighted by Gasteiger charge is 2.54. The number of ether oxygens (including phenoxy) is 1. The molecule has 0 amide bonds. The van der Waals surface area contributed by atoms with E-state index in [2.05, 4.69) is 6.07 Å². The van der Waals surface area contributed by atoms with E-state index >= 15 is 0 Å². The van der Waals surface area contributed by atoms with E-state index in [9.17, 15) is 4.79 Å². The van der Waals surface area contributed by atoms with Crippen LogP contribution in [-0.4, -0.2) is 18.1 Å². The van der Waals surface area contributed by atoms with Crippen molar-refractivity contribution >= 4 is 11.7 Å². The van der Waals surface area contributed by atoms with Gasteiger partial charge in [-0.15, -0.1) is 0 Å². The first-order valence-corrected chi connectivity index (χ1v) is 7.33. The van der Waals surface area contributed by atoms with Crippen molar-refractivity contribution in [2.24, 2.45) is 5.41 Å². The third kappa shape index (κ3) is 1.81.